The summed E-state index contributed by atoms with van der Waals surface area (Å²) in [5.74, 6) is 0.872. The molecule has 0 fully saturated rings. The number of nitrogens with one attached hydrogen (secondary N) is 1. The van der Waals surface area contributed by atoms with Gasteiger partial charge < -0.3 is 10.2 Å². The van der Waals surface area contributed by atoms with Gasteiger partial charge >= 0.3 is 6.03 Å². The molecule has 2 heterocycles. The van der Waals surface area contributed by atoms with Gasteiger partial charge in [-0.1, -0.05) is 17.7 Å². The number of hydrogen-bond donors (Lipinski definition) is 1. The Bertz CT molecular complexity index is 729. The van der Waals surface area contributed by atoms with Crippen LogP contribution in [0.1, 0.15) is 18.1 Å². The molecule has 5 heteroatoms. The number of rotatable bonds is 2. The molecule has 1 aliphatic rings. The lowest BCUT2D eigenvalue weighted by atomic mass is 10.1. The van der Waals surface area contributed by atoms with Crippen molar-refractivity contribution in [1.82, 2.24) is 4.98 Å². The van der Waals surface area contributed by atoms with E-state index in [-0.39, 0.29) is 6.03 Å². The lowest BCUT2D eigenvalue weighted by Gasteiger charge is -2.36. The second-order valence-electron chi connectivity index (χ2n) is 5.83. The predicted molar refractivity (Wildman–Crippen MR) is 94.4 cm³/mol. The number of benzene rings is 1. The van der Waals surface area contributed by atoms with Crippen LogP contribution < -0.4 is 15.1 Å². The van der Waals surface area contributed by atoms with Gasteiger partial charge in [0.05, 0.1) is 5.69 Å². The normalized spacial score (nSPS) is 13.7. The smallest absolute Gasteiger partial charge is 0.326 e. The minimum atomic E-state index is -0.109. The predicted octanol–water partition coefficient (Wildman–Crippen LogP) is 3.58. The van der Waals surface area contributed by atoms with Crippen LogP contribution in [0.4, 0.5) is 22.0 Å². The van der Waals surface area contributed by atoms with E-state index in [0.29, 0.717) is 6.54 Å². The Balaban J connectivity index is 1.85. The minimum Gasteiger partial charge on any atom is -0.353 e. The molecule has 1 N–H and O–H groups in total. The number of urea groups is 1. The number of pyridine rings is 1. The minimum absolute atomic E-state index is 0.109. The fourth-order valence-electron chi connectivity index (χ4n) is 2.95. The summed E-state index contributed by atoms with van der Waals surface area (Å²) in [6, 6.07) is 9.74. The van der Waals surface area contributed by atoms with Crippen LogP contribution in [-0.2, 0) is 0 Å². The summed E-state index contributed by atoms with van der Waals surface area (Å²) in [4.78, 5) is 21.1. The van der Waals surface area contributed by atoms with Crippen molar-refractivity contribution in [2.24, 2.45) is 0 Å². The number of anilines is 3. The van der Waals surface area contributed by atoms with Crippen LogP contribution >= 0.6 is 0 Å². The monoisotopic (exact) mass is 310 g/mol. The van der Waals surface area contributed by atoms with E-state index in [2.05, 4.69) is 28.2 Å². The lowest BCUT2D eigenvalue weighted by molar-refractivity contribution is 0.256. The number of carbonyl (C=O) groups excluding carboxylic acids is 1. The standard InChI is InChI=1S/C18H22N4O/c1-4-21-10-11-22(16-6-5-9-19-17(16)21)18(23)20-15-8-7-13(2)12-14(15)3/h5-9,12H,4,10-11H2,1-3H3,(H,20,23). The van der Waals surface area contributed by atoms with Crippen LogP contribution in [0.5, 0.6) is 0 Å². The highest BCUT2D eigenvalue weighted by atomic mass is 16.2. The molecule has 1 aliphatic heterocycles. The van der Waals surface area contributed by atoms with Gasteiger partial charge in [-0.25, -0.2) is 9.78 Å². The molecule has 23 heavy (non-hydrogen) atoms. The van der Waals surface area contributed by atoms with Gasteiger partial charge in [-0.3, -0.25) is 4.90 Å². The Kier molecular flexibility index (Phi) is 4.19. The molecule has 120 valence electrons. The third-order valence-electron chi connectivity index (χ3n) is 4.20. The van der Waals surface area contributed by atoms with Gasteiger partial charge in [0.1, 0.15) is 0 Å². The first-order valence-electron chi connectivity index (χ1n) is 7.96. The van der Waals surface area contributed by atoms with E-state index in [1.807, 2.05) is 38.1 Å². The van der Waals surface area contributed by atoms with E-state index < -0.39 is 0 Å². The molecule has 0 saturated heterocycles. The van der Waals surface area contributed by atoms with Crippen molar-refractivity contribution >= 4 is 23.2 Å². The number of fused-ring (bicyclic) bond motifs is 1. The number of nitrogens with zero attached hydrogens (tertiary/aromatic N) is 3. The zero-order valence-corrected chi connectivity index (χ0v) is 13.8. The highest BCUT2D eigenvalue weighted by molar-refractivity contribution is 6.04. The maximum atomic E-state index is 12.7. The second-order valence-corrected chi connectivity index (χ2v) is 5.83. The summed E-state index contributed by atoms with van der Waals surface area (Å²) >= 11 is 0. The van der Waals surface area contributed by atoms with Gasteiger partial charge in [0, 0.05) is 31.5 Å². The van der Waals surface area contributed by atoms with Gasteiger partial charge in [0.25, 0.3) is 0 Å². The van der Waals surface area contributed by atoms with Crippen molar-refractivity contribution in [2.45, 2.75) is 20.8 Å². The number of amides is 2. The van der Waals surface area contributed by atoms with Gasteiger partial charge in [0.15, 0.2) is 5.82 Å². The summed E-state index contributed by atoms with van der Waals surface area (Å²) in [7, 11) is 0. The first-order valence-corrected chi connectivity index (χ1v) is 7.96. The summed E-state index contributed by atoms with van der Waals surface area (Å²) < 4.78 is 0. The van der Waals surface area contributed by atoms with E-state index in [1.165, 1.54) is 5.56 Å². The first kappa shape index (κ1) is 15.3. The van der Waals surface area contributed by atoms with Crippen LogP contribution in [0, 0.1) is 13.8 Å². The molecule has 0 radical (unpaired) electrons. The highest BCUT2D eigenvalue weighted by Gasteiger charge is 2.27. The Labute approximate surface area is 136 Å². The molecule has 1 aromatic heterocycles. The second kappa shape index (κ2) is 6.28. The average Bonchev–Trinajstić information content (AvgIpc) is 2.56. The maximum Gasteiger partial charge on any atom is 0.326 e. The van der Waals surface area contributed by atoms with E-state index in [0.717, 1.165) is 35.8 Å². The molecule has 5 nitrogen and oxygen atoms in total. The third kappa shape index (κ3) is 2.99. The average molecular weight is 310 g/mol. The van der Waals surface area contributed by atoms with Gasteiger partial charge in [0.2, 0.25) is 0 Å². The Hall–Kier alpha value is -2.56. The van der Waals surface area contributed by atoms with Crippen LogP contribution in [0.15, 0.2) is 36.5 Å². The molecule has 0 aliphatic carbocycles. The topological polar surface area (TPSA) is 48.5 Å². The lowest BCUT2D eigenvalue weighted by Crippen LogP contribution is -2.46. The molecule has 0 atom stereocenters. The molecule has 2 amide bonds. The van der Waals surface area contributed by atoms with Crippen LogP contribution in [0.25, 0.3) is 0 Å². The number of hydrogen-bond acceptors (Lipinski definition) is 3. The van der Waals surface area contributed by atoms with E-state index in [4.69, 9.17) is 0 Å². The Morgan fingerprint density at radius 2 is 2.09 bits per heavy atom. The van der Waals surface area contributed by atoms with Crippen molar-refractivity contribution in [3.05, 3.63) is 47.7 Å². The Morgan fingerprint density at radius 3 is 2.83 bits per heavy atom. The summed E-state index contributed by atoms with van der Waals surface area (Å²) in [6.45, 7) is 8.49. The maximum absolute atomic E-state index is 12.7. The van der Waals surface area contributed by atoms with Crippen LogP contribution in [-0.4, -0.2) is 30.6 Å². The summed E-state index contributed by atoms with van der Waals surface area (Å²) in [6.07, 6.45) is 1.77. The fraction of sp³-hybridized carbons (Fsp3) is 0.333. The van der Waals surface area contributed by atoms with Crippen molar-refractivity contribution in [2.75, 3.05) is 34.8 Å². The van der Waals surface area contributed by atoms with Crippen LogP contribution in [0.2, 0.25) is 0 Å². The van der Waals surface area contributed by atoms with Crippen molar-refractivity contribution in [1.29, 1.82) is 0 Å². The SMILES string of the molecule is CCN1CCN(C(=O)Nc2ccc(C)cc2C)c2cccnc21. The summed E-state index contributed by atoms with van der Waals surface area (Å²) in [5, 5.41) is 3.02. The van der Waals surface area contributed by atoms with Crippen molar-refractivity contribution in [3.8, 4) is 0 Å². The van der Waals surface area contributed by atoms with E-state index in [9.17, 15) is 4.79 Å². The number of aromatic nitrogens is 1. The fourth-order valence-corrected chi connectivity index (χ4v) is 2.95. The number of aryl methyl sites for hydroxylation is 2. The molecule has 3 rings (SSSR count). The third-order valence-corrected chi connectivity index (χ3v) is 4.20. The number of carbonyl (C=O) groups is 1. The molecular weight excluding hydrogens is 288 g/mol. The largest absolute Gasteiger partial charge is 0.353 e. The zero-order chi connectivity index (χ0) is 16.4. The quantitative estimate of drug-likeness (QED) is 0.922. The zero-order valence-electron chi connectivity index (χ0n) is 13.8. The van der Waals surface area contributed by atoms with E-state index >= 15 is 0 Å². The molecule has 0 spiro atoms. The molecule has 0 bridgehead atoms. The van der Waals surface area contributed by atoms with E-state index in [1.54, 1.807) is 11.1 Å². The van der Waals surface area contributed by atoms with Gasteiger partial charge in [-0.05, 0) is 44.5 Å². The highest BCUT2D eigenvalue weighted by Crippen LogP contribution is 2.31. The Morgan fingerprint density at radius 1 is 1.26 bits per heavy atom. The van der Waals surface area contributed by atoms with Crippen molar-refractivity contribution in [3.63, 3.8) is 0 Å². The first-order chi connectivity index (χ1) is 11.1. The molecule has 0 unspecified atom stereocenters. The number of likely N-dealkylation sites (N-methyl/N-ethyl adjacent to an activating group) is 1. The molecule has 2 aromatic rings. The van der Waals surface area contributed by atoms with Crippen LogP contribution in [0.3, 0.4) is 0 Å². The van der Waals surface area contributed by atoms with Gasteiger partial charge in [-0.15, -0.1) is 0 Å². The van der Waals surface area contributed by atoms with Crippen molar-refractivity contribution < 1.29 is 4.79 Å². The molecular formula is C18H22N4O. The molecule has 0 saturated carbocycles. The molecule has 1 aromatic carbocycles. The summed E-state index contributed by atoms with van der Waals surface area (Å²) in [5.41, 5.74) is 3.97. The van der Waals surface area contributed by atoms with Gasteiger partial charge in [-0.2, -0.15) is 0 Å².